The van der Waals surface area contributed by atoms with Crippen LogP contribution in [0.3, 0.4) is 0 Å². The van der Waals surface area contributed by atoms with E-state index in [1.807, 2.05) is 37.3 Å². The maximum Gasteiger partial charge on any atom is 0.232 e. The van der Waals surface area contributed by atoms with Crippen molar-refractivity contribution < 1.29 is 9.09 Å². The van der Waals surface area contributed by atoms with Crippen LogP contribution in [-0.2, 0) is 9.09 Å². The second-order valence-electron chi connectivity index (χ2n) is 3.19. The van der Waals surface area contributed by atoms with Crippen molar-refractivity contribution in [1.29, 1.82) is 0 Å². The molecule has 0 bridgehead atoms. The van der Waals surface area contributed by atoms with E-state index in [4.69, 9.17) is 4.52 Å². The van der Waals surface area contributed by atoms with Crippen LogP contribution in [-0.4, -0.2) is 18.1 Å². The summed E-state index contributed by atoms with van der Waals surface area (Å²) in [6, 6.07) is 9.48. The number of rotatable bonds is 6. The molecule has 84 valence electrons. The molecule has 0 fully saturated rings. The monoisotopic (exact) mass is 290 g/mol. The Hall–Kier alpha value is -0.110. The van der Waals surface area contributed by atoms with Crippen molar-refractivity contribution in [2.45, 2.75) is 13.3 Å². The highest BCUT2D eigenvalue weighted by atomic mass is 79.9. The van der Waals surface area contributed by atoms with Crippen molar-refractivity contribution >= 4 is 28.6 Å². The normalized spacial score (nSPS) is 14.8. The van der Waals surface area contributed by atoms with Crippen LogP contribution in [0.25, 0.3) is 0 Å². The maximum atomic E-state index is 12.5. The first-order chi connectivity index (χ1) is 7.23. The van der Waals surface area contributed by atoms with Gasteiger partial charge in [0.1, 0.15) is 0 Å². The molecule has 15 heavy (non-hydrogen) atoms. The molecule has 0 amide bonds. The molecule has 0 saturated carbocycles. The molecule has 1 atom stereocenters. The number of halogens is 1. The van der Waals surface area contributed by atoms with E-state index in [9.17, 15) is 4.57 Å². The molecule has 0 aliphatic rings. The van der Waals surface area contributed by atoms with Gasteiger partial charge in [-0.15, -0.1) is 0 Å². The first-order valence-electron chi connectivity index (χ1n) is 5.08. The van der Waals surface area contributed by atoms with Gasteiger partial charge in [-0.3, -0.25) is 4.57 Å². The van der Waals surface area contributed by atoms with Crippen molar-refractivity contribution in [3.63, 3.8) is 0 Å². The summed E-state index contributed by atoms with van der Waals surface area (Å²) in [5.41, 5.74) is 0. The van der Waals surface area contributed by atoms with Gasteiger partial charge in [-0.1, -0.05) is 34.1 Å². The van der Waals surface area contributed by atoms with Crippen LogP contribution >= 0.6 is 23.3 Å². The molecule has 1 rings (SSSR count). The minimum absolute atomic E-state index is 0.495. The number of hydrogen-bond donors (Lipinski definition) is 0. The minimum Gasteiger partial charge on any atom is -0.326 e. The summed E-state index contributed by atoms with van der Waals surface area (Å²) in [6.07, 6.45) is 1.47. The van der Waals surface area contributed by atoms with Crippen LogP contribution in [0.15, 0.2) is 30.3 Å². The van der Waals surface area contributed by atoms with E-state index in [2.05, 4.69) is 15.9 Å². The molecule has 1 aromatic rings. The molecule has 0 aliphatic carbocycles. The van der Waals surface area contributed by atoms with Gasteiger partial charge in [0.15, 0.2) is 0 Å². The molecule has 4 heteroatoms. The van der Waals surface area contributed by atoms with Gasteiger partial charge in [-0.25, -0.2) is 0 Å². The molecule has 0 N–H and O–H groups in total. The van der Waals surface area contributed by atoms with E-state index in [0.717, 1.165) is 17.1 Å². The van der Waals surface area contributed by atoms with E-state index in [-0.39, 0.29) is 0 Å². The highest BCUT2D eigenvalue weighted by Crippen LogP contribution is 2.46. The summed E-state index contributed by atoms with van der Waals surface area (Å²) in [7, 11) is -2.62. The molecule has 0 aliphatic heterocycles. The van der Waals surface area contributed by atoms with Crippen molar-refractivity contribution in [2.75, 3.05) is 18.1 Å². The first-order valence-corrected chi connectivity index (χ1v) is 8.01. The molecule has 0 aromatic heterocycles. The summed E-state index contributed by atoms with van der Waals surface area (Å²) < 4.78 is 18.0. The molecule has 1 unspecified atom stereocenters. The quantitative estimate of drug-likeness (QED) is 0.593. The summed E-state index contributed by atoms with van der Waals surface area (Å²) in [5, 5.41) is 1.68. The van der Waals surface area contributed by atoms with Crippen molar-refractivity contribution in [3.8, 4) is 0 Å². The molecule has 0 radical (unpaired) electrons. The number of hydrogen-bond acceptors (Lipinski definition) is 2. The van der Waals surface area contributed by atoms with E-state index in [1.54, 1.807) is 0 Å². The third kappa shape index (κ3) is 3.75. The molecule has 0 heterocycles. The maximum absolute atomic E-state index is 12.5. The van der Waals surface area contributed by atoms with Gasteiger partial charge in [0, 0.05) is 16.8 Å². The minimum atomic E-state index is -2.62. The largest absolute Gasteiger partial charge is 0.326 e. The van der Waals surface area contributed by atoms with E-state index in [1.165, 1.54) is 0 Å². The number of alkyl halides is 1. The number of benzene rings is 1. The van der Waals surface area contributed by atoms with E-state index < -0.39 is 7.37 Å². The SMILES string of the molecule is CCOP(=O)(CCCBr)c1ccccc1. The molecule has 2 nitrogen and oxygen atoms in total. The Kier molecular flexibility index (Phi) is 5.59. The Balaban J connectivity index is 2.86. The Labute approximate surface area is 99.6 Å². The van der Waals surface area contributed by atoms with Gasteiger partial charge in [0.05, 0.1) is 6.61 Å². The van der Waals surface area contributed by atoms with Crippen LogP contribution in [0.2, 0.25) is 0 Å². The van der Waals surface area contributed by atoms with Gasteiger partial charge in [-0.2, -0.15) is 0 Å². The zero-order valence-electron chi connectivity index (χ0n) is 8.86. The lowest BCUT2D eigenvalue weighted by Crippen LogP contribution is -2.10. The fraction of sp³-hybridized carbons (Fsp3) is 0.455. The molecule has 0 spiro atoms. The lowest BCUT2D eigenvalue weighted by molar-refractivity contribution is 0.340. The van der Waals surface area contributed by atoms with Crippen LogP contribution in [0.5, 0.6) is 0 Å². The lowest BCUT2D eigenvalue weighted by Gasteiger charge is -2.17. The van der Waals surface area contributed by atoms with Crippen LogP contribution in [0, 0.1) is 0 Å². The third-order valence-electron chi connectivity index (χ3n) is 2.07. The third-order valence-corrected chi connectivity index (χ3v) is 5.30. The molecular weight excluding hydrogens is 275 g/mol. The fourth-order valence-corrected chi connectivity index (χ4v) is 4.27. The Morgan fingerprint density at radius 2 is 2.00 bits per heavy atom. The zero-order valence-corrected chi connectivity index (χ0v) is 11.3. The lowest BCUT2D eigenvalue weighted by atomic mass is 10.4. The van der Waals surface area contributed by atoms with Gasteiger partial charge >= 0.3 is 0 Å². The molecular formula is C11H16BrO2P. The standard InChI is InChI=1S/C11H16BrO2P/c1-2-14-15(13,10-6-9-12)11-7-4-3-5-8-11/h3-5,7-8H,2,6,9-10H2,1H3. The molecule has 0 saturated heterocycles. The van der Waals surface area contributed by atoms with Gasteiger partial charge in [-0.05, 0) is 25.5 Å². The van der Waals surface area contributed by atoms with Gasteiger partial charge in [0.25, 0.3) is 0 Å². The van der Waals surface area contributed by atoms with Crippen LogP contribution in [0.1, 0.15) is 13.3 Å². The van der Waals surface area contributed by atoms with Crippen LogP contribution < -0.4 is 5.30 Å². The van der Waals surface area contributed by atoms with Crippen LogP contribution in [0.4, 0.5) is 0 Å². The predicted octanol–water partition coefficient (Wildman–Crippen LogP) is 3.41. The summed E-state index contributed by atoms with van der Waals surface area (Å²) >= 11 is 3.35. The Morgan fingerprint density at radius 3 is 2.53 bits per heavy atom. The average molecular weight is 291 g/mol. The van der Waals surface area contributed by atoms with Gasteiger partial charge < -0.3 is 4.52 Å². The smallest absolute Gasteiger partial charge is 0.232 e. The van der Waals surface area contributed by atoms with Crippen molar-refractivity contribution in [3.05, 3.63) is 30.3 Å². The zero-order chi connectivity index (χ0) is 11.1. The fourth-order valence-electron chi connectivity index (χ4n) is 1.40. The van der Waals surface area contributed by atoms with Gasteiger partial charge in [0.2, 0.25) is 7.37 Å². The highest BCUT2D eigenvalue weighted by Gasteiger charge is 2.24. The Morgan fingerprint density at radius 1 is 1.33 bits per heavy atom. The second kappa shape index (κ2) is 6.47. The highest BCUT2D eigenvalue weighted by molar-refractivity contribution is 9.09. The second-order valence-corrected chi connectivity index (χ2v) is 6.55. The summed E-state index contributed by atoms with van der Waals surface area (Å²) in [5.74, 6) is 0. The van der Waals surface area contributed by atoms with E-state index in [0.29, 0.717) is 12.8 Å². The Bertz CT molecular complexity index is 327. The summed E-state index contributed by atoms with van der Waals surface area (Å²) in [4.78, 5) is 0. The average Bonchev–Trinajstić information content (AvgIpc) is 2.28. The van der Waals surface area contributed by atoms with Crippen molar-refractivity contribution in [1.82, 2.24) is 0 Å². The van der Waals surface area contributed by atoms with Crippen molar-refractivity contribution in [2.24, 2.45) is 0 Å². The van der Waals surface area contributed by atoms with E-state index >= 15 is 0 Å². The first kappa shape index (κ1) is 13.0. The molecule has 1 aromatic carbocycles. The summed E-state index contributed by atoms with van der Waals surface area (Å²) in [6.45, 7) is 2.37. The predicted molar refractivity (Wildman–Crippen MR) is 68.6 cm³/mol. The topological polar surface area (TPSA) is 26.3 Å².